The van der Waals surface area contributed by atoms with Crippen LogP contribution in [-0.2, 0) is 9.47 Å². The van der Waals surface area contributed by atoms with Crippen LogP contribution in [0.3, 0.4) is 0 Å². The van der Waals surface area contributed by atoms with E-state index in [1.807, 2.05) is 12.7 Å². The third kappa shape index (κ3) is 2.24. The molecule has 1 aliphatic heterocycles. The summed E-state index contributed by atoms with van der Waals surface area (Å²) in [6.07, 6.45) is -2.39. The van der Waals surface area contributed by atoms with Gasteiger partial charge in [-0.2, -0.15) is 0 Å². The number of aliphatic hydroxyl groups excluding tert-OH is 2. The zero-order chi connectivity index (χ0) is 10.0. The Labute approximate surface area is 84.4 Å². The summed E-state index contributed by atoms with van der Waals surface area (Å²) in [5.41, 5.74) is 0. The van der Waals surface area contributed by atoms with Crippen LogP contribution in [0, 0.1) is 0 Å². The van der Waals surface area contributed by atoms with E-state index in [9.17, 15) is 10.2 Å². The van der Waals surface area contributed by atoms with Gasteiger partial charge in [-0.05, 0) is 0 Å². The first-order valence-corrected chi connectivity index (χ1v) is 6.89. The Kier molecular flexibility index (Phi) is 4.16. The molecule has 1 rings (SSSR count). The molecule has 0 radical (unpaired) electrons. The third-order valence-corrected chi connectivity index (χ3v) is 4.81. The van der Waals surface area contributed by atoms with Crippen LogP contribution in [-0.4, -0.2) is 56.9 Å². The number of hydrogen-bond donors (Lipinski definition) is 2. The Balaban J connectivity index is 2.66. The molecule has 0 aliphatic carbocycles. The first-order valence-electron chi connectivity index (χ1n) is 4.19. The summed E-state index contributed by atoms with van der Waals surface area (Å²) >= 11 is 0.262. The Bertz CT molecular complexity index is 166. The maximum atomic E-state index is 9.72. The molecule has 0 unspecified atom stereocenters. The van der Waals surface area contributed by atoms with Gasteiger partial charge in [0, 0.05) is 0 Å². The molecule has 5 atom stereocenters. The summed E-state index contributed by atoms with van der Waals surface area (Å²) in [5, 5.41) is 19.3. The van der Waals surface area contributed by atoms with Crippen LogP contribution in [0.4, 0.5) is 0 Å². The van der Waals surface area contributed by atoms with Crippen LogP contribution in [0.1, 0.15) is 6.92 Å². The van der Waals surface area contributed by atoms with E-state index in [0.717, 1.165) is 0 Å². The molecule has 0 aromatic rings. The fraction of sp³-hybridized carbons (Fsp3) is 1.00. The molecular formula is C8H16O4Se. The molecule has 0 amide bonds. The summed E-state index contributed by atoms with van der Waals surface area (Å²) in [6.45, 7) is 1.90. The molecule has 5 heteroatoms. The summed E-state index contributed by atoms with van der Waals surface area (Å²) in [7, 11) is 1.46. The van der Waals surface area contributed by atoms with Crippen molar-refractivity contribution in [3.05, 3.63) is 0 Å². The van der Waals surface area contributed by atoms with Gasteiger partial charge in [-0.25, -0.2) is 0 Å². The minimum absolute atomic E-state index is 0.0478. The van der Waals surface area contributed by atoms with E-state index in [4.69, 9.17) is 9.47 Å². The molecule has 1 aliphatic rings. The standard InChI is InChI=1S/C8H16O4Se/c1-4-7(13-3)5(9)6(10)8(11-2)12-4/h4-10H,1-3H3/t4-,5-,6-,7+,8+/m0/s1. The number of rotatable bonds is 2. The molecule has 2 N–H and O–H groups in total. The van der Waals surface area contributed by atoms with Gasteiger partial charge in [0.05, 0.1) is 0 Å². The average molecular weight is 255 g/mol. The van der Waals surface area contributed by atoms with E-state index < -0.39 is 18.5 Å². The van der Waals surface area contributed by atoms with Crippen molar-refractivity contribution in [2.75, 3.05) is 7.11 Å². The second-order valence-electron chi connectivity index (χ2n) is 3.13. The number of hydrogen-bond acceptors (Lipinski definition) is 4. The van der Waals surface area contributed by atoms with Crippen molar-refractivity contribution in [1.82, 2.24) is 0 Å². The Morgan fingerprint density at radius 1 is 1.31 bits per heavy atom. The van der Waals surface area contributed by atoms with Gasteiger partial charge in [-0.3, -0.25) is 0 Å². The molecule has 13 heavy (non-hydrogen) atoms. The molecule has 78 valence electrons. The molecule has 0 bridgehead atoms. The Hall–Kier alpha value is 0.359. The normalized spacial score (nSPS) is 46.4. The summed E-state index contributed by atoms with van der Waals surface area (Å²) in [4.78, 5) is 0.0499. The van der Waals surface area contributed by atoms with Crippen LogP contribution in [0.15, 0.2) is 0 Å². The number of aliphatic hydroxyl groups is 2. The molecule has 1 heterocycles. The van der Waals surface area contributed by atoms with Crippen molar-refractivity contribution in [3.8, 4) is 0 Å². The quantitative estimate of drug-likeness (QED) is 0.662. The number of ether oxygens (including phenoxy) is 2. The van der Waals surface area contributed by atoms with E-state index in [-0.39, 0.29) is 25.9 Å². The van der Waals surface area contributed by atoms with Crippen LogP contribution < -0.4 is 0 Å². The van der Waals surface area contributed by atoms with Gasteiger partial charge in [0.2, 0.25) is 0 Å². The average Bonchev–Trinajstić information content (AvgIpc) is 2.12. The fourth-order valence-electron chi connectivity index (χ4n) is 1.53. The van der Waals surface area contributed by atoms with Gasteiger partial charge < -0.3 is 0 Å². The van der Waals surface area contributed by atoms with E-state index in [1.54, 1.807) is 0 Å². The van der Waals surface area contributed by atoms with Gasteiger partial charge in [0.15, 0.2) is 0 Å². The predicted octanol–water partition coefficient (Wildman–Crippen LogP) is -0.360. The first kappa shape index (κ1) is 11.4. The Morgan fingerprint density at radius 2 is 1.92 bits per heavy atom. The summed E-state index contributed by atoms with van der Waals surface area (Å²) in [5.74, 6) is 2.03. The monoisotopic (exact) mass is 256 g/mol. The van der Waals surface area contributed by atoms with Gasteiger partial charge >= 0.3 is 83.9 Å². The van der Waals surface area contributed by atoms with Crippen LogP contribution >= 0.6 is 0 Å². The van der Waals surface area contributed by atoms with E-state index in [0.29, 0.717) is 0 Å². The topological polar surface area (TPSA) is 58.9 Å². The van der Waals surface area contributed by atoms with Gasteiger partial charge in [0.25, 0.3) is 0 Å². The van der Waals surface area contributed by atoms with Crippen LogP contribution in [0.2, 0.25) is 10.6 Å². The molecule has 1 saturated heterocycles. The second kappa shape index (κ2) is 4.73. The molecule has 4 nitrogen and oxygen atoms in total. The Morgan fingerprint density at radius 3 is 2.38 bits per heavy atom. The van der Waals surface area contributed by atoms with Crippen LogP contribution in [0.25, 0.3) is 0 Å². The van der Waals surface area contributed by atoms with Gasteiger partial charge in [-0.15, -0.1) is 0 Å². The summed E-state index contributed by atoms with van der Waals surface area (Å²) < 4.78 is 10.3. The zero-order valence-electron chi connectivity index (χ0n) is 8.01. The second-order valence-corrected chi connectivity index (χ2v) is 5.26. The number of methoxy groups -OCH3 is 1. The summed E-state index contributed by atoms with van der Waals surface area (Å²) in [6, 6.07) is 0. The third-order valence-electron chi connectivity index (χ3n) is 2.28. The van der Waals surface area contributed by atoms with Crippen molar-refractivity contribution in [2.24, 2.45) is 0 Å². The van der Waals surface area contributed by atoms with E-state index in [2.05, 4.69) is 0 Å². The minimum atomic E-state index is -0.923. The van der Waals surface area contributed by atoms with Crippen LogP contribution in [0.5, 0.6) is 0 Å². The van der Waals surface area contributed by atoms with Crippen molar-refractivity contribution >= 4 is 15.0 Å². The van der Waals surface area contributed by atoms with Gasteiger partial charge in [-0.1, -0.05) is 0 Å². The van der Waals surface area contributed by atoms with E-state index >= 15 is 0 Å². The maximum absolute atomic E-state index is 9.72. The van der Waals surface area contributed by atoms with Gasteiger partial charge in [0.1, 0.15) is 0 Å². The molecular weight excluding hydrogens is 239 g/mol. The molecule has 0 aromatic carbocycles. The zero-order valence-corrected chi connectivity index (χ0v) is 9.72. The fourth-order valence-corrected chi connectivity index (χ4v) is 3.39. The molecule has 0 spiro atoms. The van der Waals surface area contributed by atoms with Crippen molar-refractivity contribution in [2.45, 2.75) is 42.2 Å². The van der Waals surface area contributed by atoms with Crippen molar-refractivity contribution < 1.29 is 19.7 Å². The first-order chi connectivity index (χ1) is 6.11. The van der Waals surface area contributed by atoms with Crippen molar-refractivity contribution in [3.63, 3.8) is 0 Å². The molecule has 1 fully saturated rings. The predicted molar refractivity (Wildman–Crippen MR) is 48.7 cm³/mol. The van der Waals surface area contributed by atoms with Crippen molar-refractivity contribution in [1.29, 1.82) is 0 Å². The van der Waals surface area contributed by atoms with E-state index in [1.165, 1.54) is 7.11 Å². The SMILES string of the molecule is CO[C@@H]1O[C@@H](C)[C@@H]([Se]C)[C@@H](O)[C@@H]1O. The molecule has 0 saturated carbocycles. The molecule has 0 aromatic heterocycles.